The molecule has 0 nitrogen and oxygen atoms in total. The minimum Gasteiger partial charge on any atom is -0.179 e. The number of fused-ring (bicyclic) bond motifs is 4. The van der Waals surface area contributed by atoms with E-state index >= 15 is 0 Å². The van der Waals surface area contributed by atoms with Gasteiger partial charge >= 0.3 is 21.7 Å². The SMILES string of the molecule is C=CC=CC.CP(C)c1cc2ccccc2[cH-]1.[Ti+2].[c-]1cccc2c1Cc1ccccc1-2. The second kappa shape index (κ2) is 12.7. The maximum absolute atomic E-state index is 3.46. The zero-order chi connectivity index (χ0) is 21.3. The van der Waals surface area contributed by atoms with Crippen LogP contribution in [0.25, 0.3) is 21.9 Å². The third-order valence-electron chi connectivity index (χ3n) is 5.06. The van der Waals surface area contributed by atoms with Crippen LogP contribution in [0.5, 0.6) is 0 Å². The van der Waals surface area contributed by atoms with Crippen LogP contribution in [-0.2, 0) is 28.1 Å². The number of allylic oxidation sites excluding steroid dienone is 3. The van der Waals surface area contributed by atoms with Crippen LogP contribution in [0.15, 0.2) is 104 Å². The average Bonchev–Trinajstić information content (AvgIpc) is 3.37. The molecule has 0 spiro atoms. The predicted octanol–water partition coefficient (Wildman–Crippen LogP) is 7.73. The zero-order valence-corrected chi connectivity index (χ0v) is 21.1. The van der Waals surface area contributed by atoms with Gasteiger partial charge in [-0.25, -0.2) is 0 Å². The van der Waals surface area contributed by atoms with Gasteiger partial charge in [-0.2, -0.15) is 35.9 Å². The van der Waals surface area contributed by atoms with Gasteiger partial charge < -0.3 is 0 Å². The van der Waals surface area contributed by atoms with E-state index < -0.39 is 0 Å². The van der Waals surface area contributed by atoms with Gasteiger partial charge in [0.1, 0.15) is 0 Å². The molecule has 1 aliphatic carbocycles. The van der Waals surface area contributed by atoms with Crippen LogP contribution in [0.3, 0.4) is 0 Å². The molecule has 0 unspecified atom stereocenters. The molecule has 0 N–H and O–H groups in total. The molecule has 0 saturated carbocycles. The van der Waals surface area contributed by atoms with E-state index in [-0.39, 0.29) is 29.6 Å². The van der Waals surface area contributed by atoms with E-state index in [4.69, 9.17) is 0 Å². The summed E-state index contributed by atoms with van der Waals surface area (Å²) in [6.45, 7) is 10.0. The Labute approximate surface area is 203 Å². The number of benzene rings is 3. The minimum absolute atomic E-state index is 0. The van der Waals surface area contributed by atoms with Crippen molar-refractivity contribution in [1.82, 2.24) is 0 Å². The van der Waals surface area contributed by atoms with Gasteiger partial charge in [-0.05, 0) is 26.7 Å². The summed E-state index contributed by atoms with van der Waals surface area (Å²) in [7, 11) is 0.0576. The van der Waals surface area contributed by atoms with E-state index in [1.165, 1.54) is 38.3 Å². The van der Waals surface area contributed by atoms with Crippen molar-refractivity contribution in [2.24, 2.45) is 0 Å². The molecule has 0 radical (unpaired) electrons. The number of hydrogen-bond acceptors (Lipinski definition) is 0. The molecular formula is C29H29PTi. The van der Waals surface area contributed by atoms with Gasteiger partial charge in [-0.15, -0.1) is 53.8 Å². The van der Waals surface area contributed by atoms with E-state index in [9.17, 15) is 0 Å². The van der Waals surface area contributed by atoms with E-state index in [2.05, 4.69) is 98.8 Å². The quantitative estimate of drug-likeness (QED) is 0.110. The maximum atomic E-state index is 3.46. The molecule has 154 valence electrons. The Morgan fingerprint density at radius 1 is 0.968 bits per heavy atom. The van der Waals surface area contributed by atoms with E-state index in [0.717, 1.165) is 6.42 Å². The summed E-state index contributed by atoms with van der Waals surface area (Å²) in [4.78, 5) is 0. The first-order valence-electron chi connectivity index (χ1n) is 10.3. The van der Waals surface area contributed by atoms with Crippen molar-refractivity contribution in [3.63, 3.8) is 0 Å². The maximum Gasteiger partial charge on any atom is 2.00 e. The fraction of sp³-hybridized carbons (Fsp3) is 0.138. The molecule has 0 aliphatic heterocycles. The first-order valence-corrected chi connectivity index (χ1v) is 12.5. The molecule has 0 heterocycles. The molecule has 0 saturated heterocycles. The Bertz CT molecular complexity index is 1060. The standard InChI is InChI=1S/C13H9.C11H12P.C5H8.Ti/c1-3-7-12-10(5-1)9-11-6-2-4-8-13(11)12;1-12(2)11-7-9-5-3-4-6-10(9)8-11;1-3-5-4-2;/h1-5,7-8H,9H2;3-8H,1-2H3;3-5H,1H2,2H3;/q2*-1;;+2. The molecule has 0 amide bonds. The Morgan fingerprint density at radius 3 is 2.35 bits per heavy atom. The van der Waals surface area contributed by atoms with Crippen molar-refractivity contribution in [3.8, 4) is 11.1 Å². The Hall–Kier alpha value is -2.11. The Morgan fingerprint density at radius 2 is 1.68 bits per heavy atom. The summed E-state index contributed by atoms with van der Waals surface area (Å²) in [6.07, 6.45) is 6.62. The second-order valence-electron chi connectivity index (χ2n) is 7.39. The van der Waals surface area contributed by atoms with Crippen molar-refractivity contribution in [2.75, 3.05) is 13.3 Å². The van der Waals surface area contributed by atoms with Crippen molar-refractivity contribution in [1.29, 1.82) is 0 Å². The van der Waals surface area contributed by atoms with Gasteiger partial charge in [0.15, 0.2) is 0 Å². The summed E-state index contributed by atoms with van der Waals surface area (Å²) in [5.41, 5.74) is 5.51. The van der Waals surface area contributed by atoms with Crippen LogP contribution < -0.4 is 5.30 Å². The summed E-state index contributed by atoms with van der Waals surface area (Å²) in [5.74, 6) is 0. The fourth-order valence-electron chi connectivity index (χ4n) is 3.53. The topological polar surface area (TPSA) is 0 Å². The van der Waals surface area contributed by atoms with Crippen molar-refractivity contribution in [3.05, 3.63) is 121 Å². The second-order valence-corrected chi connectivity index (χ2v) is 9.70. The Kier molecular flexibility index (Phi) is 10.3. The molecular weight excluding hydrogens is 427 g/mol. The van der Waals surface area contributed by atoms with Crippen LogP contribution >= 0.6 is 7.92 Å². The normalized spacial score (nSPS) is 11.0. The molecule has 0 atom stereocenters. The van der Waals surface area contributed by atoms with Gasteiger partial charge in [0.25, 0.3) is 0 Å². The van der Waals surface area contributed by atoms with Gasteiger partial charge in [-0.3, -0.25) is 0 Å². The van der Waals surface area contributed by atoms with Crippen molar-refractivity contribution < 1.29 is 21.7 Å². The summed E-state index contributed by atoms with van der Waals surface area (Å²) < 4.78 is 0. The molecule has 0 fully saturated rings. The van der Waals surface area contributed by atoms with Gasteiger partial charge in [-0.1, -0.05) is 66.3 Å². The average molecular weight is 456 g/mol. The molecule has 1 aliphatic rings. The van der Waals surface area contributed by atoms with Crippen LogP contribution in [0.4, 0.5) is 0 Å². The molecule has 5 rings (SSSR count). The van der Waals surface area contributed by atoms with Gasteiger partial charge in [0.2, 0.25) is 0 Å². The third-order valence-corrected chi connectivity index (χ3v) is 6.36. The summed E-state index contributed by atoms with van der Waals surface area (Å²) in [6, 6.07) is 31.3. The predicted molar refractivity (Wildman–Crippen MR) is 136 cm³/mol. The van der Waals surface area contributed by atoms with Crippen LogP contribution in [0.2, 0.25) is 0 Å². The van der Waals surface area contributed by atoms with E-state index in [1.807, 2.05) is 25.1 Å². The molecule has 0 aromatic heterocycles. The Balaban J connectivity index is 0.000000178. The van der Waals surface area contributed by atoms with Crippen molar-refractivity contribution in [2.45, 2.75) is 13.3 Å². The molecule has 4 aromatic carbocycles. The first-order chi connectivity index (χ1) is 14.6. The third kappa shape index (κ3) is 6.69. The first kappa shape index (κ1) is 25.2. The van der Waals surface area contributed by atoms with E-state index in [0.29, 0.717) is 0 Å². The summed E-state index contributed by atoms with van der Waals surface area (Å²) in [5, 5.41) is 4.26. The van der Waals surface area contributed by atoms with Crippen LogP contribution in [-0.4, -0.2) is 13.3 Å². The van der Waals surface area contributed by atoms with Crippen LogP contribution in [0, 0.1) is 6.07 Å². The van der Waals surface area contributed by atoms with Crippen LogP contribution in [0.1, 0.15) is 18.1 Å². The summed E-state index contributed by atoms with van der Waals surface area (Å²) >= 11 is 0. The molecule has 2 heteroatoms. The minimum atomic E-state index is 0. The molecule has 0 bridgehead atoms. The molecule has 4 aromatic rings. The monoisotopic (exact) mass is 456 g/mol. The number of hydrogen-bond donors (Lipinski definition) is 0. The van der Waals surface area contributed by atoms with E-state index in [1.54, 1.807) is 6.08 Å². The number of rotatable bonds is 2. The fourth-order valence-corrected chi connectivity index (χ4v) is 4.32. The smallest absolute Gasteiger partial charge is 0.179 e. The zero-order valence-electron chi connectivity index (χ0n) is 18.6. The largest absolute Gasteiger partial charge is 2.00 e. The van der Waals surface area contributed by atoms with Gasteiger partial charge in [0, 0.05) is 0 Å². The van der Waals surface area contributed by atoms with Gasteiger partial charge in [0.05, 0.1) is 0 Å². The molecule has 31 heavy (non-hydrogen) atoms. The van der Waals surface area contributed by atoms with Crippen molar-refractivity contribution >= 4 is 24.0 Å².